The van der Waals surface area contributed by atoms with Crippen LogP contribution in [0.5, 0.6) is 0 Å². The van der Waals surface area contributed by atoms with Crippen molar-refractivity contribution in [3.8, 4) is 6.07 Å². The minimum Gasteiger partial charge on any atom is -0.338 e. The van der Waals surface area contributed by atoms with Crippen LogP contribution in [0.25, 0.3) is 0 Å². The number of hydrogen-bond donors (Lipinski definition) is 0. The van der Waals surface area contributed by atoms with Gasteiger partial charge in [-0.1, -0.05) is 77.8 Å². The molecule has 0 aromatic heterocycles. The molecule has 0 N–H and O–H groups in total. The van der Waals surface area contributed by atoms with Crippen LogP contribution >= 0.6 is 35.6 Å². The highest BCUT2D eigenvalue weighted by Crippen LogP contribution is 2.41. The van der Waals surface area contributed by atoms with Crippen LogP contribution in [-0.2, 0) is 11.8 Å². The van der Waals surface area contributed by atoms with Gasteiger partial charge < -0.3 is 9.80 Å². The molecule has 1 amide bonds. The second-order valence-corrected chi connectivity index (χ2v) is 12.4. The zero-order valence-electron chi connectivity index (χ0n) is 23.4. The summed E-state index contributed by atoms with van der Waals surface area (Å²) in [5, 5.41) is 11.2. The Balaban J connectivity index is 0.00000387. The largest absolute Gasteiger partial charge is 0.338 e. The average molecular weight is 611 g/mol. The Hall–Kier alpha value is -2.55. The number of benzene rings is 3. The minimum absolute atomic E-state index is 0. The molecule has 2 fully saturated rings. The summed E-state index contributed by atoms with van der Waals surface area (Å²) in [5.41, 5.74) is 2.69. The van der Waals surface area contributed by atoms with Crippen LogP contribution < -0.4 is 0 Å². The van der Waals surface area contributed by atoms with Gasteiger partial charge in [0.25, 0.3) is 5.91 Å². The molecule has 1 unspecified atom stereocenters. The quantitative estimate of drug-likeness (QED) is 0.258. The molecule has 1 atom stereocenters. The highest BCUT2D eigenvalue weighted by atomic mass is 35.5. The van der Waals surface area contributed by atoms with Gasteiger partial charge in [-0.05, 0) is 100.0 Å². The van der Waals surface area contributed by atoms with Gasteiger partial charge in [0.2, 0.25) is 0 Å². The number of nitrogens with zero attached hydrogens (tertiary/aromatic N) is 3. The number of carbonyl (C=O) groups excluding carboxylic acids is 1. The number of likely N-dealkylation sites (tertiary alicyclic amines) is 2. The minimum atomic E-state index is -0.277. The maximum Gasteiger partial charge on any atom is 0.253 e. The van der Waals surface area contributed by atoms with E-state index in [-0.39, 0.29) is 29.1 Å². The van der Waals surface area contributed by atoms with Crippen molar-refractivity contribution in [2.75, 3.05) is 32.7 Å². The van der Waals surface area contributed by atoms with Gasteiger partial charge in [0.15, 0.2) is 0 Å². The van der Waals surface area contributed by atoms with E-state index in [1.165, 1.54) is 5.56 Å². The summed E-state index contributed by atoms with van der Waals surface area (Å²) < 4.78 is 0. The lowest BCUT2D eigenvalue weighted by atomic mass is 9.70. The van der Waals surface area contributed by atoms with Gasteiger partial charge in [-0.25, -0.2) is 0 Å². The monoisotopic (exact) mass is 609 g/mol. The second-order valence-electron chi connectivity index (χ2n) is 11.6. The molecular weight excluding hydrogens is 573 g/mol. The summed E-state index contributed by atoms with van der Waals surface area (Å²) in [6, 6.07) is 28.6. The van der Waals surface area contributed by atoms with E-state index >= 15 is 0 Å². The maximum absolute atomic E-state index is 13.4. The Morgan fingerprint density at radius 1 is 0.878 bits per heavy atom. The fourth-order valence-corrected chi connectivity index (χ4v) is 6.94. The molecule has 0 saturated carbocycles. The third-order valence-electron chi connectivity index (χ3n) is 8.98. The van der Waals surface area contributed by atoms with Crippen LogP contribution in [0.15, 0.2) is 78.9 Å². The molecule has 0 spiro atoms. The number of hydrogen-bond acceptors (Lipinski definition) is 3. The molecule has 0 radical (unpaired) electrons. The van der Waals surface area contributed by atoms with E-state index in [0.717, 1.165) is 82.3 Å². The Morgan fingerprint density at radius 2 is 1.56 bits per heavy atom. The number of piperidine rings is 2. The summed E-state index contributed by atoms with van der Waals surface area (Å²) in [4.78, 5) is 18.0. The lowest BCUT2D eigenvalue weighted by Crippen LogP contribution is -2.49. The molecule has 2 aliphatic rings. The fraction of sp³-hybridized carbons (Fsp3) is 0.412. The smallest absolute Gasteiger partial charge is 0.253 e. The number of carbonyl (C=O) groups is 1. The lowest BCUT2D eigenvalue weighted by molar-refractivity contribution is 0.0616. The van der Waals surface area contributed by atoms with E-state index in [0.29, 0.717) is 16.6 Å². The average Bonchev–Trinajstić information content (AvgIpc) is 3.00. The molecule has 3 aromatic carbocycles. The molecule has 216 valence electrons. The lowest BCUT2D eigenvalue weighted by Gasteiger charge is -2.44. The van der Waals surface area contributed by atoms with Crippen LogP contribution in [0, 0.1) is 16.7 Å². The normalized spacial score (nSPS) is 20.6. The van der Waals surface area contributed by atoms with Crippen LogP contribution in [0.4, 0.5) is 0 Å². The zero-order valence-corrected chi connectivity index (χ0v) is 25.7. The van der Waals surface area contributed by atoms with Crippen molar-refractivity contribution >= 4 is 41.5 Å². The Kier molecular flexibility index (Phi) is 10.8. The first-order valence-corrected chi connectivity index (χ1v) is 15.2. The highest BCUT2D eigenvalue weighted by molar-refractivity contribution is 6.42. The number of rotatable bonds is 8. The molecular formula is C34H38Cl3N3O. The van der Waals surface area contributed by atoms with Crippen molar-refractivity contribution in [2.45, 2.75) is 50.4 Å². The third kappa shape index (κ3) is 7.46. The molecule has 7 heteroatoms. The van der Waals surface area contributed by atoms with Crippen LogP contribution in [0.2, 0.25) is 10.0 Å². The Bertz CT molecular complexity index is 1340. The van der Waals surface area contributed by atoms with E-state index < -0.39 is 0 Å². The SMILES string of the molecule is Cl.N#CC1(Cc2ccccc2)CCN(CCCC2(c3ccc(Cl)c(Cl)c3)CCCN(C(=O)c3ccccc3)C2)CC1. The number of amides is 1. The van der Waals surface area contributed by atoms with Gasteiger partial charge in [-0.2, -0.15) is 5.26 Å². The van der Waals surface area contributed by atoms with Crippen molar-refractivity contribution in [3.63, 3.8) is 0 Å². The van der Waals surface area contributed by atoms with Crippen molar-refractivity contribution in [2.24, 2.45) is 5.41 Å². The van der Waals surface area contributed by atoms with Gasteiger partial charge in [0.1, 0.15) is 0 Å². The molecule has 3 aromatic rings. The van der Waals surface area contributed by atoms with Crippen molar-refractivity contribution in [1.29, 1.82) is 5.26 Å². The van der Waals surface area contributed by atoms with Crippen LogP contribution in [-0.4, -0.2) is 48.4 Å². The summed E-state index contributed by atoms with van der Waals surface area (Å²) in [6.07, 6.45) is 6.57. The fourth-order valence-electron chi connectivity index (χ4n) is 6.64. The van der Waals surface area contributed by atoms with Gasteiger partial charge in [-0.15, -0.1) is 12.4 Å². The topological polar surface area (TPSA) is 47.3 Å². The first-order valence-electron chi connectivity index (χ1n) is 14.4. The van der Waals surface area contributed by atoms with Gasteiger partial charge in [0, 0.05) is 24.1 Å². The van der Waals surface area contributed by atoms with Crippen molar-refractivity contribution in [1.82, 2.24) is 9.80 Å². The van der Waals surface area contributed by atoms with E-state index in [2.05, 4.69) is 41.3 Å². The van der Waals surface area contributed by atoms with Crippen molar-refractivity contribution < 1.29 is 4.79 Å². The number of halogens is 3. The van der Waals surface area contributed by atoms with Crippen LogP contribution in [0.1, 0.15) is 60.0 Å². The molecule has 2 heterocycles. The molecule has 0 bridgehead atoms. The summed E-state index contributed by atoms with van der Waals surface area (Å²) in [6.45, 7) is 4.31. The van der Waals surface area contributed by atoms with E-state index in [9.17, 15) is 10.1 Å². The van der Waals surface area contributed by atoms with Gasteiger partial charge in [0.05, 0.1) is 21.5 Å². The molecule has 4 nitrogen and oxygen atoms in total. The molecule has 5 rings (SSSR count). The summed E-state index contributed by atoms with van der Waals surface area (Å²) >= 11 is 12.8. The first kappa shape index (κ1) is 31.4. The van der Waals surface area contributed by atoms with E-state index in [1.54, 1.807) is 0 Å². The van der Waals surface area contributed by atoms with E-state index in [4.69, 9.17) is 23.2 Å². The first-order chi connectivity index (χ1) is 19.4. The molecule has 2 saturated heterocycles. The van der Waals surface area contributed by atoms with Crippen LogP contribution in [0.3, 0.4) is 0 Å². The Morgan fingerprint density at radius 3 is 2.22 bits per heavy atom. The third-order valence-corrected chi connectivity index (χ3v) is 9.72. The standard InChI is InChI=1S/C34H37Cl2N3O.ClH/c35-30-14-13-29(23-31(30)36)34(16-8-20-39(26-34)32(40)28-11-5-2-6-12-28)15-7-19-38-21-17-33(25-37,18-22-38)24-27-9-3-1-4-10-27;/h1-6,9-14,23H,7-8,15-22,24,26H2;1H. The summed E-state index contributed by atoms with van der Waals surface area (Å²) in [7, 11) is 0. The van der Waals surface area contributed by atoms with Crippen molar-refractivity contribution in [3.05, 3.63) is 106 Å². The predicted molar refractivity (Wildman–Crippen MR) is 170 cm³/mol. The Labute approximate surface area is 260 Å². The highest BCUT2D eigenvalue weighted by Gasteiger charge is 2.39. The molecule has 0 aliphatic carbocycles. The molecule has 2 aliphatic heterocycles. The molecule has 41 heavy (non-hydrogen) atoms. The van der Waals surface area contributed by atoms with Gasteiger partial charge >= 0.3 is 0 Å². The predicted octanol–water partition coefficient (Wildman–Crippen LogP) is 8.22. The summed E-state index contributed by atoms with van der Waals surface area (Å²) in [5.74, 6) is 0.0898. The maximum atomic E-state index is 13.4. The van der Waals surface area contributed by atoms with Gasteiger partial charge in [-0.3, -0.25) is 4.79 Å². The second kappa shape index (κ2) is 14.1. The zero-order chi connectivity index (χ0) is 28.0. The number of nitriles is 1. The van der Waals surface area contributed by atoms with E-state index in [1.807, 2.05) is 53.4 Å².